The number of rotatable bonds is 1. The first-order valence-corrected chi connectivity index (χ1v) is 7.33. The van der Waals surface area contributed by atoms with E-state index in [1.165, 1.54) is 24.3 Å². The van der Waals surface area contributed by atoms with Crippen LogP contribution in [0.15, 0.2) is 35.2 Å². The molecule has 0 amide bonds. The molecule has 0 radical (unpaired) electrons. The van der Waals surface area contributed by atoms with Crippen molar-refractivity contribution in [3.05, 3.63) is 52.6 Å². The third-order valence-electron chi connectivity index (χ3n) is 3.36. The van der Waals surface area contributed by atoms with Crippen LogP contribution < -0.4 is 39.8 Å². The topological polar surface area (TPSA) is 137 Å². The number of ketones is 2. The largest absolute Gasteiger partial charge is 2.00 e. The van der Waals surface area contributed by atoms with Gasteiger partial charge in [0.2, 0.25) is 0 Å². The molecule has 0 bridgehead atoms. The first kappa shape index (κ1) is 21.6. The summed E-state index contributed by atoms with van der Waals surface area (Å²) in [6, 6.07) is 6.13. The van der Waals surface area contributed by atoms with E-state index in [1.54, 1.807) is 0 Å². The van der Waals surface area contributed by atoms with Gasteiger partial charge in [-0.3, -0.25) is 9.59 Å². The third-order valence-corrected chi connectivity index (χ3v) is 4.20. The van der Waals surface area contributed by atoms with Crippen molar-refractivity contribution in [1.82, 2.24) is 0 Å². The van der Waals surface area contributed by atoms with Gasteiger partial charge in [-0.05, 0) is 6.07 Å². The van der Waals surface area contributed by atoms with Crippen LogP contribution in [0.1, 0.15) is 31.8 Å². The molecule has 2 aromatic rings. The third kappa shape index (κ3) is 3.30. The van der Waals surface area contributed by atoms with Crippen molar-refractivity contribution in [2.75, 3.05) is 0 Å². The summed E-state index contributed by atoms with van der Waals surface area (Å²) in [6.45, 7) is 0. The van der Waals surface area contributed by atoms with Crippen molar-refractivity contribution >= 4 is 59.4 Å². The van der Waals surface area contributed by atoms with E-state index >= 15 is 0 Å². The monoisotopic (exact) mass is 380 g/mol. The normalized spacial score (nSPS) is 12.5. The molecule has 0 saturated heterocycles. The molecule has 0 unspecified atom stereocenters. The van der Waals surface area contributed by atoms with E-state index in [1.807, 2.05) is 0 Å². The van der Waals surface area contributed by atoms with E-state index in [0.29, 0.717) is 6.07 Å². The summed E-state index contributed by atoms with van der Waals surface area (Å²) < 4.78 is 33.1. The minimum absolute atomic E-state index is 0. The van der Waals surface area contributed by atoms with Crippen molar-refractivity contribution in [2.24, 2.45) is 0 Å². The molecular weight excluding hydrogens is 375 g/mol. The molecule has 0 spiro atoms. The second-order valence-electron chi connectivity index (χ2n) is 4.61. The second-order valence-corrected chi connectivity index (χ2v) is 5.96. The van der Waals surface area contributed by atoms with Gasteiger partial charge in [0.25, 0.3) is 0 Å². The van der Waals surface area contributed by atoms with Crippen molar-refractivity contribution in [3.63, 3.8) is 0 Å². The maximum absolute atomic E-state index is 12.3. The number of fused-ring (bicyclic) bond motifs is 2. The van der Waals surface area contributed by atoms with Crippen molar-refractivity contribution in [3.8, 4) is 11.5 Å². The molecule has 3 rings (SSSR count). The van der Waals surface area contributed by atoms with Crippen LogP contribution in [0, 0.1) is 0 Å². The number of benzene rings is 2. The van der Waals surface area contributed by atoms with Gasteiger partial charge in [-0.25, -0.2) is 8.42 Å². The predicted octanol–water partition coefficient (Wildman–Crippen LogP) is -3.86. The van der Waals surface area contributed by atoms with Gasteiger partial charge in [0, 0.05) is 27.1 Å². The molecule has 0 N–H and O–H groups in total. The predicted molar refractivity (Wildman–Crippen MR) is 72.4 cm³/mol. The van der Waals surface area contributed by atoms with Gasteiger partial charge in [-0.15, -0.1) is 5.75 Å². The van der Waals surface area contributed by atoms with Crippen molar-refractivity contribution < 1.29 is 62.3 Å². The Kier molecular flexibility index (Phi) is 6.68. The summed E-state index contributed by atoms with van der Waals surface area (Å²) in [5.74, 6) is -4.69. The Morgan fingerprint density at radius 3 is 1.83 bits per heavy atom. The summed E-state index contributed by atoms with van der Waals surface area (Å²) >= 11 is 0. The summed E-state index contributed by atoms with van der Waals surface area (Å²) in [6.07, 6.45) is 0. The molecule has 1 aliphatic carbocycles. The fraction of sp³-hybridized carbons (Fsp3) is 0. The van der Waals surface area contributed by atoms with Gasteiger partial charge in [-0.2, -0.15) is 0 Å². The number of hydrogen-bond acceptors (Lipinski definition) is 7. The van der Waals surface area contributed by atoms with Gasteiger partial charge in [-0.1, -0.05) is 30.0 Å². The Balaban J connectivity index is 0.00000144. The molecule has 10 heteroatoms. The smallest absolute Gasteiger partial charge is 0.872 e. The zero-order chi connectivity index (χ0) is 16.2. The Morgan fingerprint density at radius 1 is 0.833 bits per heavy atom. The first-order chi connectivity index (χ1) is 10.2. The van der Waals surface area contributed by atoms with Crippen LogP contribution in [0.5, 0.6) is 11.5 Å². The zero-order valence-corrected chi connectivity index (χ0v) is 17.4. The van der Waals surface area contributed by atoms with E-state index < -0.39 is 49.2 Å². The van der Waals surface area contributed by atoms with Gasteiger partial charge in [0.05, 0.1) is 0 Å². The van der Waals surface area contributed by atoms with E-state index in [2.05, 4.69) is 0 Å². The molecule has 0 aliphatic heterocycles. The SMILES string of the molecule is O=C1c2ccccc2C(=O)c2c1cc(S(=O)(=O)[O-])c([O-])c2[O-].[Ca+2].[Na+]. The first-order valence-electron chi connectivity index (χ1n) is 5.93. The van der Waals surface area contributed by atoms with Crippen LogP contribution in [-0.2, 0) is 10.1 Å². The Hall–Kier alpha value is -0.450. The fourth-order valence-corrected chi connectivity index (χ4v) is 2.95. The number of carbonyl (C=O) groups is 2. The summed E-state index contributed by atoms with van der Waals surface area (Å²) in [4.78, 5) is 23.3. The molecule has 0 saturated carbocycles. The van der Waals surface area contributed by atoms with E-state index in [-0.39, 0.29) is 78.4 Å². The molecule has 0 atom stereocenters. The average Bonchev–Trinajstić information content (AvgIpc) is 2.46. The standard InChI is InChI=1S/C14H8O7S.Ca.Na/c15-11-6-3-1-2-4-7(6)12(16)10-8(11)5-9(22(19,20)21)13(17)14(10)18;;/h1-5,17-18H,(H,19,20,21);;/q;+2;+1/p-3. The molecule has 2 aromatic carbocycles. The summed E-state index contributed by atoms with van der Waals surface area (Å²) in [5, 5.41) is 23.7. The van der Waals surface area contributed by atoms with Gasteiger partial charge < -0.3 is 14.8 Å². The van der Waals surface area contributed by atoms with Crippen molar-refractivity contribution in [1.29, 1.82) is 0 Å². The number of carbonyl (C=O) groups excluding carboxylic acids is 2. The van der Waals surface area contributed by atoms with Gasteiger partial charge in [0.15, 0.2) is 11.6 Å². The molecule has 1 aliphatic rings. The minimum atomic E-state index is -5.23. The zero-order valence-electron chi connectivity index (χ0n) is 12.4. The Labute approximate surface area is 188 Å². The fourth-order valence-electron chi connectivity index (χ4n) is 2.37. The molecule has 0 aromatic heterocycles. The van der Waals surface area contributed by atoms with Gasteiger partial charge >= 0.3 is 67.3 Å². The molecule has 7 nitrogen and oxygen atoms in total. The second kappa shape index (κ2) is 7.43. The van der Waals surface area contributed by atoms with Gasteiger partial charge in [0.1, 0.15) is 10.1 Å². The minimum Gasteiger partial charge on any atom is -0.872 e. The number of hydrogen-bond donors (Lipinski definition) is 0. The van der Waals surface area contributed by atoms with Crippen LogP contribution >= 0.6 is 0 Å². The quantitative estimate of drug-likeness (QED) is 0.311. The molecule has 0 fully saturated rings. The van der Waals surface area contributed by atoms with Crippen LogP contribution in [0.3, 0.4) is 0 Å². The van der Waals surface area contributed by atoms with E-state index in [0.717, 1.165) is 0 Å². The summed E-state index contributed by atoms with van der Waals surface area (Å²) in [7, 11) is -5.23. The van der Waals surface area contributed by atoms with E-state index in [9.17, 15) is 32.8 Å². The molecule has 112 valence electrons. The van der Waals surface area contributed by atoms with Crippen LogP contribution in [-0.4, -0.2) is 62.3 Å². The molecule has 24 heavy (non-hydrogen) atoms. The Bertz CT molecular complexity index is 969. The molecule has 0 heterocycles. The Morgan fingerprint density at radius 2 is 1.33 bits per heavy atom. The van der Waals surface area contributed by atoms with Crippen LogP contribution in [0.2, 0.25) is 0 Å². The van der Waals surface area contributed by atoms with Crippen molar-refractivity contribution in [2.45, 2.75) is 4.90 Å². The summed E-state index contributed by atoms with van der Waals surface area (Å²) in [5.41, 5.74) is -1.30. The maximum Gasteiger partial charge on any atom is 2.00 e. The van der Waals surface area contributed by atoms with E-state index in [4.69, 9.17) is 0 Å². The molecular formula is C14H5CaNaO7S. The van der Waals surface area contributed by atoms with Crippen LogP contribution in [0.4, 0.5) is 0 Å². The average molecular weight is 380 g/mol. The van der Waals surface area contributed by atoms with Crippen LogP contribution in [0.25, 0.3) is 0 Å². The maximum atomic E-state index is 12.3.